The van der Waals surface area contributed by atoms with Crippen LogP contribution in [-0.4, -0.2) is 65.4 Å². The van der Waals surface area contributed by atoms with E-state index in [2.05, 4.69) is 31.4 Å². The summed E-state index contributed by atoms with van der Waals surface area (Å²) in [6.07, 6.45) is 2.31. The standard InChI is InChI=1S/C18H30N4O3.ClH/c1-12-7-17(3,4)11-18(8-12)15(24)22(16(25)20-18)10-14(23)21-6-5-19-9-13(21)2;/h12-13,19H,5-11H2,1-4H3,(H,20,25);1H/t12?,13-,18?;/m1./s1. The lowest BCUT2D eigenvalue weighted by Crippen LogP contribution is -2.56. The van der Waals surface area contributed by atoms with Crippen molar-refractivity contribution in [2.24, 2.45) is 11.3 Å². The predicted molar refractivity (Wildman–Crippen MR) is 101 cm³/mol. The normalized spacial score (nSPS) is 33.8. The summed E-state index contributed by atoms with van der Waals surface area (Å²) in [6.45, 7) is 10.3. The number of carbonyl (C=O) groups excluding carboxylic acids is 3. The van der Waals surface area contributed by atoms with Gasteiger partial charge in [0.2, 0.25) is 5.91 Å². The number of imide groups is 1. The number of carbonyl (C=O) groups is 3. The van der Waals surface area contributed by atoms with Crippen LogP contribution < -0.4 is 10.6 Å². The van der Waals surface area contributed by atoms with E-state index in [4.69, 9.17) is 0 Å². The highest BCUT2D eigenvalue weighted by Crippen LogP contribution is 2.46. The molecule has 3 aliphatic rings. The van der Waals surface area contributed by atoms with Crippen molar-refractivity contribution >= 4 is 30.3 Å². The molecule has 2 aliphatic heterocycles. The molecular formula is C18H31ClN4O3. The molecule has 1 aliphatic carbocycles. The lowest BCUT2D eigenvalue weighted by Gasteiger charge is -2.43. The third-order valence-corrected chi connectivity index (χ3v) is 5.74. The summed E-state index contributed by atoms with van der Waals surface area (Å²) in [7, 11) is 0. The highest BCUT2D eigenvalue weighted by Gasteiger charge is 2.56. The molecule has 2 saturated heterocycles. The van der Waals surface area contributed by atoms with Crippen LogP contribution in [0.3, 0.4) is 0 Å². The average molecular weight is 387 g/mol. The van der Waals surface area contributed by atoms with Crippen LogP contribution in [0.25, 0.3) is 0 Å². The van der Waals surface area contributed by atoms with Crippen molar-refractivity contribution in [1.29, 1.82) is 0 Å². The molecule has 4 amide bonds. The van der Waals surface area contributed by atoms with Crippen LogP contribution in [0.1, 0.15) is 47.0 Å². The zero-order valence-corrected chi connectivity index (χ0v) is 16.9. The number of nitrogens with zero attached hydrogens (tertiary/aromatic N) is 2. The van der Waals surface area contributed by atoms with Crippen molar-refractivity contribution in [3.63, 3.8) is 0 Å². The zero-order valence-electron chi connectivity index (χ0n) is 16.1. The molecule has 1 saturated carbocycles. The fourth-order valence-electron chi connectivity index (χ4n) is 5.09. The molecule has 2 N–H and O–H groups in total. The molecule has 0 aromatic rings. The Morgan fingerprint density at radius 2 is 1.92 bits per heavy atom. The van der Waals surface area contributed by atoms with Crippen LogP contribution in [-0.2, 0) is 9.59 Å². The van der Waals surface area contributed by atoms with E-state index in [9.17, 15) is 14.4 Å². The number of amides is 4. The Balaban J connectivity index is 0.00000243. The minimum absolute atomic E-state index is 0. The summed E-state index contributed by atoms with van der Waals surface area (Å²) in [6, 6.07) is -0.351. The summed E-state index contributed by atoms with van der Waals surface area (Å²) in [5.74, 6) is -0.0252. The Hall–Kier alpha value is -1.34. The highest BCUT2D eigenvalue weighted by molar-refractivity contribution is 6.09. The quantitative estimate of drug-likeness (QED) is 0.702. The molecule has 8 heteroatoms. The van der Waals surface area contributed by atoms with Gasteiger partial charge in [-0.15, -0.1) is 12.4 Å². The van der Waals surface area contributed by atoms with Gasteiger partial charge >= 0.3 is 6.03 Å². The van der Waals surface area contributed by atoms with Crippen molar-refractivity contribution in [3.05, 3.63) is 0 Å². The third kappa shape index (κ3) is 3.83. The van der Waals surface area contributed by atoms with E-state index in [0.717, 1.165) is 24.4 Å². The first-order valence-electron chi connectivity index (χ1n) is 9.28. The van der Waals surface area contributed by atoms with Crippen molar-refractivity contribution in [3.8, 4) is 0 Å². The van der Waals surface area contributed by atoms with E-state index in [0.29, 0.717) is 25.3 Å². The van der Waals surface area contributed by atoms with Gasteiger partial charge in [-0.1, -0.05) is 20.8 Å². The van der Waals surface area contributed by atoms with Gasteiger partial charge in [0.05, 0.1) is 0 Å². The molecule has 1 spiro atoms. The minimum atomic E-state index is -0.840. The molecule has 3 atom stereocenters. The average Bonchev–Trinajstić information content (AvgIpc) is 2.69. The summed E-state index contributed by atoms with van der Waals surface area (Å²) in [5.41, 5.74) is -0.846. The van der Waals surface area contributed by atoms with Crippen LogP contribution in [0.2, 0.25) is 0 Å². The molecule has 148 valence electrons. The van der Waals surface area contributed by atoms with E-state index >= 15 is 0 Å². The Bertz CT molecular complexity index is 597. The van der Waals surface area contributed by atoms with Gasteiger partial charge in [-0.2, -0.15) is 0 Å². The summed E-state index contributed by atoms with van der Waals surface area (Å²) in [4.78, 5) is 41.1. The topological polar surface area (TPSA) is 81.8 Å². The van der Waals surface area contributed by atoms with Crippen LogP contribution in [0.4, 0.5) is 4.79 Å². The maximum atomic E-state index is 13.1. The minimum Gasteiger partial charge on any atom is -0.336 e. The molecule has 3 rings (SSSR count). The molecule has 2 unspecified atom stereocenters. The number of rotatable bonds is 2. The number of piperazine rings is 1. The van der Waals surface area contributed by atoms with E-state index in [1.807, 2.05) is 6.92 Å². The van der Waals surface area contributed by atoms with Gasteiger partial charge < -0.3 is 15.5 Å². The van der Waals surface area contributed by atoms with Crippen LogP contribution in [0, 0.1) is 11.3 Å². The second-order valence-corrected chi connectivity index (χ2v) is 8.90. The molecular weight excluding hydrogens is 356 g/mol. The van der Waals surface area contributed by atoms with Gasteiger partial charge in [-0.25, -0.2) is 4.79 Å². The predicted octanol–water partition coefficient (Wildman–Crippen LogP) is 1.37. The second kappa shape index (κ2) is 7.35. The van der Waals surface area contributed by atoms with Crippen molar-refractivity contribution in [1.82, 2.24) is 20.4 Å². The molecule has 0 aromatic carbocycles. The molecule has 2 heterocycles. The molecule has 7 nitrogen and oxygen atoms in total. The zero-order chi connectivity index (χ0) is 18.4. The first-order chi connectivity index (χ1) is 11.6. The Morgan fingerprint density at radius 1 is 1.23 bits per heavy atom. The summed E-state index contributed by atoms with van der Waals surface area (Å²) in [5, 5.41) is 6.17. The maximum absolute atomic E-state index is 13.1. The number of halogens is 1. The fraction of sp³-hybridized carbons (Fsp3) is 0.833. The number of hydrogen-bond donors (Lipinski definition) is 2. The largest absolute Gasteiger partial charge is 0.336 e. The van der Waals surface area contributed by atoms with Gasteiger partial charge in [-0.3, -0.25) is 14.5 Å². The Morgan fingerprint density at radius 3 is 2.54 bits per heavy atom. The monoisotopic (exact) mass is 386 g/mol. The molecule has 26 heavy (non-hydrogen) atoms. The smallest absolute Gasteiger partial charge is 0.325 e. The van der Waals surface area contributed by atoms with E-state index in [1.165, 1.54) is 0 Å². The summed E-state index contributed by atoms with van der Waals surface area (Å²) < 4.78 is 0. The van der Waals surface area contributed by atoms with Crippen LogP contribution >= 0.6 is 12.4 Å². The SMILES string of the molecule is CC1CC(C)(C)CC2(C1)NC(=O)N(CC(=O)N1CCNC[C@H]1C)C2=O.Cl. The van der Waals surface area contributed by atoms with E-state index in [1.54, 1.807) is 4.90 Å². The van der Waals surface area contributed by atoms with Crippen LogP contribution in [0.5, 0.6) is 0 Å². The van der Waals surface area contributed by atoms with Crippen molar-refractivity contribution in [2.45, 2.75) is 58.5 Å². The van der Waals surface area contributed by atoms with Gasteiger partial charge in [0, 0.05) is 25.7 Å². The number of nitrogens with one attached hydrogen (secondary N) is 2. The fourth-order valence-corrected chi connectivity index (χ4v) is 5.09. The number of urea groups is 1. The van der Waals surface area contributed by atoms with E-state index in [-0.39, 0.29) is 42.2 Å². The number of hydrogen-bond acceptors (Lipinski definition) is 4. The van der Waals surface area contributed by atoms with Crippen molar-refractivity contribution < 1.29 is 14.4 Å². The lowest BCUT2D eigenvalue weighted by molar-refractivity contribution is -0.142. The first-order valence-corrected chi connectivity index (χ1v) is 9.28. The summed E-state index contributed by atoms with van der Waals surface area (Å²) >= 11 is 0. The van der Waals surface area contributed by atoms with Crippen LogP contribution in [0.15, 0.2) is 0 Å². The van der Waals surface area contributed by atoms with Gasteiger partial charge in [-0.05, 0) is 37.5 Å². The second-order valence-electron chi connectivity index (χ2n) is 8.90. The lowest BCUT2D eigenvalue weighted by atomic mass is 9.64. The van der Waals surface area contributed by atoms with Crippen molar-refractivity contribution in [2.75, 3.05) is 26.2 Å². The molecule has 0 radical (unpaired) electrons. The Kier molecular flexibility index (Phi) is 5.93. The van der Waals surface area contributed by atoms with E-state index < -0.39 is 11.6 Å². The third-order valence-electron chi connectivity index (χ3n) is 5.74. The van der Waals surface area contributed by atoms with Gasteiger partial charge in [0.15, 0.2) is 0 Å². The molecule has 3 fully saturated rings. The first kappa shape index (κ1) is 21.0. The Labute approximate surface area is 161 Å². The highest BCUT2D eigenvalue weighted by atomic mass is 35.5. The maximum Gasteiger partial charge on any atom is 0.325 e. The molecule has 0 bridgehead atoms. The van der Waals surface area contributed by atoms with Gasteiger partial charge in [0.25, 0.3) is 5.91 Å². The van der Waals surface area contributed by atoms with Gasteiger partial charge in [0.1, 0.15) is 12.1 Å². The molecule has 0 aromatic heterocycles.